The predicted octanol–water partition coefficient (Wildman–Crippen LogP) is 6.98. The summed E-state index contributed by atoms with van der Waals surface area (Å²) < 4.78 is 10.6. The van der Waals surface area contributed by atoms with Gasteiger partial charge in [0.15, 0.2) is 5.78 Å². The Bertz CT molecular complexity index is 1240. The molecule has 1 aromatic carbocycles. The maximum absolute atomic E-state index is 11.6. The maximum atomic E-state index is 11.6. The lowest BCUT2D eigenvalue weighted by Crippen LogP contribution is -2.05. The lowest BCUT2D eigenvalue weighted by atomic mass is 9.96. The van der Waals surface area contributed by atoms with Crippen molar-refractivity contribution in [3.05, 3.63) is 94.7 Å². The number of rotatable bonds is 20. The van der Waals surface area contributed by atoms with E-state index in [-0.39, 0.29) is 5.78 Å². The summed E-state index contributed by atoms with van der Waals surface area (Å²) >= 11 is 0. The average Bonchev–Trinajstić information content (AvgIpc) is 2.99. The number of aromatic nitrogens is 3. The monoisotopic (exact) mass is 557 g/mol. The minimum atomic E-state index is 0.118. The number of ether oxygens (including phenoxy) is 2. The van der Waals surface area contributed by atoms with Gasteiger partial charge >= 0.3 is 0 Å². The predicted molar refractivity (Wildman–Crippen MR) is 166 cm³/mol. The summed E-state index contributed by atoms with van der Waals surface area (Å²) in [5.74, 6) is 1.72. The van der Waals surface area contributed by atoms with Gasteiger partial charge in [0.2, 0.25) is 5.88 Å². The highest BCUT2D eigenvalue weighted by atomic mass is 16.5. The molecule has 41 heavy (non-hydrogen) atoms. The number of hydrogen-bond acceptors (Lipinski definition) is 6. The molecule has 0 spiro atoms. The van der Waals surface area contributed by atoms with Crippen molar-refractivity contribution in [2.75, 3.05) is 20.8 Å². The van der Waals surface area contributed by atoms with Crippen LogP contribution in [0.1, 0.15) is 84.4 Å². The van der Waals surface area contributed by atoms with Gasteiger partial charge in [-0.15, -0.1) is 0 Å². The second-order valence-electron chi connectivity index (χ2n) is 10.7. The largest absolute Gasteiger partial charge is 0.481 e. The molecule has 0 aliphatic rings. The highest BCUT2D eigenvalue weighted by Crippen LogP contribution is 2.19. The number of aryl methyl sites for hydroxylation is 7. The number of benzene rings is 1. The van der Waals surface area contributed by atoms with Crippen LogP contribution in [-0.4, -0.2) is 41.6 Å². The zero-order valence-electron chi connectivity index (χ0n) is 25.3. The zero-order valence-corrected chi connectivity index (χ0v) is 25.3. The second-order valence-corrected chi connectivity index (χ2v) is 10.7. The van der Waals surface area contributed by atoms with E-state index in [4.69, 9.17) is 14.5 Å². The van der Waals surface area contributed by atoms with Gasteiger partial charge in [0, 0.05) is 50.2 Å². The van der Waals surface area contributed by atoms with E-state index in [9.17, 15) is 4.79 Å². The summed E-state index contributed by atoms with van der Waals surface area (Å²) in [6.07, 6.45) is 15.7. The molecule has 220 valence electrons. The van der Waals surface area contributed by atoms with Crippen molar-refractivity contribution in [2.24, 2.45) is 0 Å². The number of pyridine rings is 1. The van der Waals surface area contributed by atoms with Crippen molar-refractivity contribution >= 4 is 5.78 Å². The van der Waals surface area contributed by atoms with Crippen LogP contribution < -0.4 is 4.74 Å². The lowest BCUT2D eigenvalue weighted by molar-refractivity contribution is -0.114. The third-order valence-electron chi connectivity index (χ3n) is 7.47. The third-order valence-corrected chi connectivity index (χ3v) is 7.47. The van der Waals surface area contributed by atoms with Crippen molar-refractivity contribution in [3.63, 3.8) is 0 Å². The first-order valence-electron chi connectivity index (χ1n) is 15.1. The Morgan fingerprint density at radius 2 is 1.61 bits per heavy atom. The van der Waals surface area contributed by atoms with Crippen molar-refractivity contribution in [2.45, 2.75) is 90.4 Å². The van der Waals surface area contributed by atoms with Crippen molar-refractivity contribution in [1.29, 1.82) is 0 Å². The molecule has 2 aromatic heterocycles. The fourth-order valence-electron chi connectivity index (χ4n) is 5.12. The summed E-state index contributed by atoms with van der Waals surface area (Å²) in [5.41, 5.74) is 7.35. The van der Waals surface area contributed by atoms with Gasteiger partial charge in [0.1, 0.15) is 5.82 Å². The van der Waals surface area contributed by atoms with Crippen LogP contribution in [0, 0.1) is 6.92 Å². The van der Waals surface area contributed by atoms with Gasteiger partial charge in [0.05, 0.1) is 7.11 Å². The number of allylic oxidation sites excluding steroid dienone is 1. The standard InChI is InChI=1S/C35H47N3O3/c1-5-32(39)20-12-17-29-15-8-9-16-30(29)18-13-21-33-27(2)26-36-34(38-33)22-11-14-28-24-31(37-35(25-28)41-4)19-7-6-10-23-40-3/h5,8-9,15-16,24-26H,1,6-7,10-14,17-23H2,2-4H3. The molecule has 0 radical (unpaired) electrons. The minimum absolute atomic E-state index is 0.118. The molecule has 0 fully saturated rings. The summed E-state index contributed by atoms with van der Waals surface area (Å²) in [7, 11) is 3.43. The fraction of sp³-hybridized carbons (Fsp3) is 0.486. The van der Waals surface area contributed by atoms with Crippen LogP contribution in [0.2, 0.25) is 0 Å². The molecule has 6 nitrogen and oxygen atoms in total. The number of unbranched alkanes of at least 4 members (excludes halogenated alkanes) is 2. The van der Waals surface area contributed by atoms with E-state index in [0.717, 1.165) is 106 Å². The summed E-state index contributed by atoms with van der Waals surface area (Å²) in [5, 5.41) is 0. The van der Waals surface area contributed by atoms with Gasteiger partial charge in [-0.3, -0.25) is 4.79 Å². The van der Waals surface area contributed by atoms with E-state index in [2.05, 4.69) is 53.8 Å². The van der Waals surface area contributed by atoms with Gasteiger partial charge in [0.25, 0.3) is 0 Å². The number of ketones is 1. The molecule has 0 bridgehead atoms. The zero-order chi connectivity index (χ0) is 29.3. The average molecular weight is 558 g/mol. The first kappa shape index (κ1) is 32.1. The number of carbonyl (C=O) groups is 1. The molecule has 6 heteroatoms. The van der Waals surface area contributed by atoms with Crippen LogP contribution in [-0.2, 0) is 48.1 Å². The Hall–Kier alpha value is -3.38. The Morgan fingerprint density at radius 1 is 0.854 bits per heavy atom. The van der Waals surface area contributed by atoms with Gasteiger partial charge < -0.3 is 9.47 Å². The molecule has 0 saturated carbocycles. The minimum Gasteiger partial charge on any atom is -0.481 e. The smallest absolute Gasteiger partial charge is 0.213 e. The molecule has 0 N–H and O–H groups in total. The first-order chi connectivity index (χ1) is 20.0. The van der Waals surface area contributed by atoms with Gasteiger partial charge in [-0.25, -0.2) is 15.0 Å². The third kappa shape index (κ3) is 11.6. The number of hydrogen-bond donors (Lipinski definition) is 0. The SMILES string of the molecule is C=CC(=O)CCCc1ccccc1CCCc1nc(CCCc2cc(CCCCCOC)nc(OC)c2)ncc1C. The van der Waals surface area contributed by atoms with Gasteiger partial charge in [-0.05, 0) is 106 Å². The van der Waals surface area contributed by atoms with Gasteiger partial charge in [-0.1, -0.05) is 37.3 Å². The Balaban J connectivity index is 1.50. The lowest BCUT2D eigenvalue weighted by Gasteiger charge is -2.11. The molecule has 0 atom stereocenters. The molecule has 0 saturated heterocycles. The van der Waals surface area contributed by atoms with Gasteiger partial charge in [-0.2, -0.15) is 0 Å². The quantitative estimate of drug-likeness (QED) is 0.110. The first-order valence-corrected chi connectivity index (χ1v) is 15.1. The molecule has 0 aliphatic carbocycles. The summed E-state index contributed by atoms with van der Waals surface area (Å²) in [6, 6.07) is 12.9. The Labute approximate surface area is 246 Å². The molecule has 3 aromatic rings. The van der Waals surface area contributed by atoms with E-state index in [1.165, 1.54) is 22.8 Å². The van der Waals surface area contributed by atoms with Crippen LogP contribution in [0.4, 0.5) is 0 Å². The fourth-order valence-corrected chi connectivity index (χ4v) is 5.12. The second kappa shape index (κ2) is 18.1. The number of carbonyl (C=O) groups excluding carboxylic acids is 1. The van der Waals surface area contributed by atoms with Crippen LogP contribution >= 0.6 is 0 Å². The Kier molecular flexibility index (Phi) is 14.2. The molecule has 0 unspecified atom stereocenters. The van der Waals surface area contributed by atoms with Crippen LogP contribution in [0.15, 0.2) is 55.3 Å². The normalized spacial score (nSPS) is 11.0. The van der Waals surface area contributed by atoms with Crippen LogP contribution in [0.5, 0.6) is 5.88 Å². The maximum Gasteiger partial charge on any atom is 0.213 e. The Morgan fingerprint density at radius 3 is 2.34 bits per heavy atom. The molecule has 3 rings (SSSR count). The molecular formula is C35H47N3O3. The highest BCUT2D eigenvalue weighted by molar-refractivity contribution is 5.88. The molecule has 0 aliphatic heterocycles. The van der Waals surface area contributed by atoms with E-state index in [1.54, 1.807) is 14.2 Å². The van der Waals surface area contributed by atoms with Crippen molar-refractivity contribution < 1.29 is 14.3 Å². The number of nitrogens with zero attached hydrogens (tertiary/aromatic N) is 3. The van der Waals surface area contributed by atoms with E-state index in [0.29, 0.717) is 12.3 Å². The van der Waals surface area contributed by atoms with Crippen molar-refractivity contribution in [1.82, 2.24) is 15.0 Å². The summed E-state index contributed by atoms with van der Waals surface area (Å²) in [6.45, 7) is 6.49. The highest BCUT2D eigenvalue weighted by Gasteiger charge is 2.09. The number of methoxy groups -OCH3 is 2. The molecule has 2 heterocycles. The molecular weight excluding hydrogens is 510 g/mol. The summed E-state index contributed by atoms with van der Waals surface area (Å²) in [4.78, 5) is 25.8. The topological polar surface area (TPSA) is 74.2 Å². The van der Waals surface area contributed by atoms with E-state index in [1.807, 2.05) is 12.3 Å². The van der Waals surface area contributed by atoms with E-state index < -0.39 is 0 Å². The van der Waals surface area contributed by atoms with Crippen molar-refractivity contribution in [3.8, 4) is 5.88 Å². The van der Waals surface area contributed by atoms with Crippen LogP contribution in [0.3, 0.4) is 0 Å². The molecule has 0 amide bonds. The van der Waals surface area contributed by atoms with E-state index >= 15 is 0 Å². The van der Waals surface area contributed by atoms with Crippen LogP contribution in [0.25, 0.3) is 0 Å².